The van der Waals surface area contributed by atoms with Gasteiger partial charge in [-0.1, -0.05) is 6.07 Å². The molecule has 3 aromatic heterocycles. The van der Waals surface area contributed by atoms with Gasteiger partial charge in [-0.15, -0.1) is 11.8 Å². The Kier molecular flexibility index (Phi) is 4.40. The van der Waals surface area contributed by atoms with E-state index in [1.165, 1.54) is 40.7 Å². The Balaban J connectivity index is 2.02. The van der Waals surface area contributed by atoms with Gasteiger partial charge in [0.05, 0.1) is 10.6 Å². The van der Waals surface area contributed by atoms with Crippen molar-refractivity contribution in [3.8, 4) is 11.3 Å². The molecule has 0 unspecified atom stereocenters. The van der Waals surface area contributed by atoms with Crippen LogP contribution in [0.15, 0.2) is 75.9 Å². The van der Waals surface area contributed by atoms with Crippen molar-refractivity contribution in [2.24, 2.45) is 0 Å². The van der Waals surface area contributed by atoms with Crippen molar-refractivity contribution in [2.75, 3.05) is 6.26 Å². The standard InChI is InChI=1S/C18H13FN4O2S2/c1-26-18-16(27(24,25)14-4-2-3-13(19)11-14)17-21-10-7-15(23(17)22-18)12-5-8-20-9-6-12/h2-11H,1H3. The van der Waals surface area contributed by atoms with E-state index in [2.05, 4.69) is 15.1 Å². The molecule has 0 atom stereocenters. The molecule has 0 aliphatic rings. The molecule has 0 amide bonds. The van der Waals surface area contributed by atoms with Crippen molar-refractivity contribution < 1.29 is 12.8 Å². The van der Waals surface area contributed by atoms with E-state index < -0.39 is 15.7 Å². The van der Waals surface area contributed by atoms with E-state index in [9.17, 15) is 12.8 Å². The molecular formula is C18H13FN4O2S2. The highest BCUT2D eigenvalue weighted by atomic mass is 32.2. The van der Waals surface area contributed by atoms with Gasteiger partial charge in [0.25, 0.3) is 0 Å². The third-order valence-electron chi connectivity index (χ3n) is 3.99. The predicted octanol–water partition coefficient (Wildman–Crippen LogP) is 3.49. The van der Waals surface area contributed by atoms with Crippen molar-refractivity contribution >= 4 is 27.2 Å². The molecule has 0 saturated carbocycles. The number of thioether (sulfide) groups is 1. The lowest BCUT2D eigenvalue weighted by molar-refractivity contribution is 0.589. The fraction of sp³-hybridized carbons (Fsp3) is 0.0556. The lowest BCUT2D eigenvalue weighted by Gasteiger charge is -2.06. The van der Waals surface area contributed by atoms with Crippen LogP contribution in [0.4, 0.5) is 4.39 Å². The van der Waals surface area contributed by atoms with Crippen LogP contribution < -0.4 is 0 Å². The highest BCUT2D eigenvalue weighted by molar-refractivity contribution is 7.99. The normalized spacial score (nSPS) is 11.8. The molecule has 0 aliphatic carbocycles. The van der Waals surface area contributed by atoms with E-state index in [1.807, 2.05) is 0 Å². The summed E-state index contributed by atoms with van der Waals surface area (Å²) in [7, 11) is -4.01. The molecule has 4 rings (SSSR count). The second kappa shape index (κ2) is 6.75. The molecule has 4 aromatic rings. The van der Waals surface area contributed by atoms with Crippen LogP contribution in [0, 0.1) is 5.82 Å². The van der Waals surface area contributed by atoms with Crippen LogP contribution in [-0.2, 0) is 9.84 Å². The molecule has 0 aliphatic heterocycles. The zero-order valence-corrected chi connectivity index (χ0v) is 15.7. The molecule has 9 heteroatoms. The van der Waals surface area contributed by atoms with Gasteiger partial charge in [-0.25, -0.2) is 22.3 Å². The maximum absolute atomic E-state index is 13.6. The van der Waals surface area contributed by atoms with E-state index in [0.717, 1.165) is 11.6 Å². The Morgan fingerprint density at radius 1 is 1.07 bits per heavy atom. The Morgan fingerprint density at radius 3 is 2.56 bits per heavy atom. The van der Waals surface area contributed by atoms with Crippen molar-refractivity contribution in [1.82, 2.24) is 19.6 Å². The first-order valence-electron chi connectivity index (χ1n) is 7.85. The van der Waals surface area contributed by atoms with Gasteiger partial charge >= 0.3 is 0 Å². The van der Waals surface area contributed by atoms with Crippen LogP contribution in [0.3, 0.4) is 0 Å². The van der Waals surface area contributed by atoms with Crippen LogP contribution >= 0.6 is 11.8 Å². The smallest absolute Gasteiger partial charge is 0.213 e. The maximum atomic E-state index is 13.6. The number of hydrogen-bond acceptors (Lipinski definition) is 6. The molecular weight excluding hydrogens is 387 g/mol. The number of rotatable bonds is 4. The van der Waals surface area contributed by atoms with Gasteiger partial charge in [-0.2, -0.15) is 5.10 Å². The number of fused-ring (bicyclic) bond motifs is 1. The van der Waals surface area contributed by atoms with Crippen LogP contribution in [0.2, 0.25) is 0 Å². The monoisotopic (exact) mass is 400 g/mol. The van der Waals surface area contributed by atoms with Gasteiger partial charge in [0, 0.05) is 24.2 Å². The van der Waals surface area contributed by atoms with Gasteiger partial charge in [0.2, 0.25) is 9.84 Å². The minimum atomic E-state index is -4.01. The Morgan fingerprint density at radius 2 is 1.85 bits per heavy atom. The lowest BCUT2D eigenvalue weighted by Crippen LogP contribution is -2.04. The first-order valence-corrected chi connectivity index (χ1v) is 10.6. The largest absolute Gasteiger partial charge is 0.265 e. The van der Waals surface area contributed by atoms with Gasteiger partial charge in [0.1, 0.15) is 10.8 Å². The minimum Gasteiger partial charge on any atom is -0.265 e. The molecule has 27 heavy (non-hydrogen) atoms. The molecule has 0 bridgehead atoms. The fourth-order valence-electron chi connectivity index (χ4n) is 2.77. The molecule has 3 heterocycles. The van der Waals surface area contributed by atoms with Crippen molar-refractivity contribution in [1.29, 1.82) is 0 Å². The third-order valence-corrected chi connectivity index (χ3v) is 6.58. The summed E-state index contributed by atoms with van der Waals surface area (Å²) in [5.41, 5.74) is 1.69. The van der Waals surface area contributed by atoms with Crippen LogP contribution in [0.1, 0.15) is 0 Å². The molecule has 6 nitrogen and oxygen atoms in total. The summed E-state index contributed by atoms with van der Waals surface area (Å²) in [5.74, 6) is -0.622. The molecule has 136 valence electrons. The average molecular weight is 400 g/mol. The van der Waals surface area contributed by atoms with E-state index in [0.29, 0.717) is 10.7 Å². The second-order valence-corrected chi connectivity index (χ2v) is 8.28. The fourth-order valence-corrected chi connectivity index (χ4v) is 5.20. The summed E-state index contributed by atoms with van der Waals surface area (Å²) in [5, 5.41) is 4.74. The average Bonchev–Trinajstić information content (AvgIpc) is 3.08. The number of nitrogens with zero attached hydrogens (tertiary/aromatic N) is 4. The predicted molar refractivity (Wildman–Crippen MR) is 99.9 cm³/mol. The Hall–Kier alpha value is -2.78. The number of hydrogen-bond donors (Lipinski definition) is 0. The molecule has 0 spiro atoms. The van der Waals surface area contributed by atoms with E-state index >= 15 is 0 Å². The number of halogens is 1. The zero-order chi connectivity index (χ0) is 19.0. The molecule has 0 N–H and O–H groups in total. The summed E-state index contributed by atoms with van der Waals surface area (Å²) in [6.07, 6.45) is 6.55. The van der Waals surface area contributed by atoms with Gasteiger partial charge in [0.15, 0.2) is 10.5 Å². The summed E-state index contributed by atoms with van der Waals surface area (Å²) in [4.78, 5) is 8.08. The first-order chi connectivity index (χ1) is 13.0. The number of aromatic nitrogens is 4. The molecule has 0 saturated heterocycles. The van der Waals surface area contributed by atoms with Crippen LogP contribution in [0.25, 0.3) is 16.9 Å². The molecule has 1 aromatic carbocycles. The third kappa shape index (κ3) is 2.98. The minimum absolute atomic E-state index is 0.0310. The first kappa shape index (κ1) is 17.6. The number of sulfone groups is 1. The molecule has 0 radical (unpaired) electrons. The highest BCUT2D eigenvalue weighted by Crippen LogP contribution is 2.34. The zero-order valence-electron chi connectivity index (χ0n) is 14.1. The van der Waals surface area contributed by atoms with Gasteiger partial charge < -0.3 is 0 Å². The SMILES string of the molecule is CSc1nn2c(-c3ccncc3)ccnc2c1S(=O)(=O)c1cccc(F)c1. The maximum Gasteiger partial charge on any atom is 0.213 e. The topological polar surface area (TPSA) is 77.2 Å². The van der Waals surface area contributed by atoms with E-state index in [1.54, 1.807) is 36.8 Å². The van der Waals surface area contributed by atoms with E-state index in [-0.39, 0.29) is 15.4 Å². The Bertz CT molecular complexity index is 1240. The van der Waals surface area contributed by atoms with Crippen molar-refractivity contribution in [2.45, 2.75) is 14.8 Å². The summed E-state index contributed by atoms with van der Waals surface area (Å²) >= 11 is 1.19. The summed E-state index contributed by atoms with van der Waals surface area (Å²) < 4.78 is 41.5. The molecule has 0 fully saturated rings. The van der Waals surface area contributed by atoms with Crippen LogP contribution in [0.5, 0.6) is 0 Å². The summed E-state index contributed by atoms with van der Waals surface area (Å²) in [6, 6.07) is 10.3. The van der Waals surface area contributed by atoms with Crippen molar-refractivity contribution in [3.05, 3.63) is 66.9 Å². The lowest BCUT2D eigenvalue weighted by atomic mass is 10.2. The van der Waals surface area contributed by atoms with E-state index in [4.69, 9.17) is 0 Å². The number of benzene rings is 1. The highest BCUT2D eigenvalue weighted by Gasteiger charge is 2.29. The number of pyridine rings is 1. The summed E-state index contributed by atoms with van der Waals surface area (Å²) in [6.45, 7) is 0. The van der Waals surface area contributed by atoms with Crippen LogP contribution in [-0.4, -0.2) is 34.3 Å². The quantitative estimate of drug-likeness (QED) is 0.488. The Labute approximate surface area is 159 Å². The van der Waals surface area contributed by atoms with Gasteiger partial charge in [-0.3, -0.25) is 4.98 Å². The van der Waals surface area contributed by atoms with Gasteiger partial charge in [-0.05, 0) is 42.7 Å². The second-order valence-electron chi connectivity index (χ2n) is 5.60. The van der Waals surface area contributed by atoms with Crippen molar-refractivity contribution in [3.63, 3.8) is 0 Å².